The number of fused-ring (bicyclic) bond motifs is 16. The van der Waals surface area contributed by atoms with E-state index in [2.05, 4.69) is 98.9 Å². The number of pyridine rings is 3. The number of benzene rings is 4. The molecule has 0 aliphatic heterocycles. The standard InChI is InChI=1S/C36H21N5/c1-2-8-23(9-3-1)40-29-15-14-25-26-11-6-17-38-35(26)41-30-20-37-18-16-28(30)39-36(41)33(25)32(29)27-13-12-22-19-21-7-4-5-10-24(21)31(22)34(27)40/h1-18,20H,19H2. The number of para-hydroxylation sites is 1. The first kappa shape index (κ1) is 21.3. The normalized spacial score (nSPS) is 12.8. The molecular formula is C36H21N5. The number of hydrogen-bond donors (Lipinski definition) is 0. The maximum Gasteiger partial charge on any atom is 0.148 e. The fourth-order valence-electron chi connectivity index (χ4n) is 7.20. The molecule has 5 nitrogen and oxygen atoms in total. The van der Waals surface area contributed by atoms with Gasteiger partial charge in [0.2, 0.25) is 0 Å². The van der Waals surface area contributed by atoms with E-state index in [1.165, 1.54) is 44.1 Å². The number of nitrogens with zero attached hydrogens (tertiary/aromatic N) is 5. The fourth-order valence-corrected chi connectivity index (χ4v) is 7.20. The van der Waals surface area contributed by atoms with Gasteiger partial charge >= 0.3 is 0 Å². The fraction of sp³-hybridized carbons (Fsp3) is 0.0278. The van der Waals surface area contributed by atoms with Crippen LogP contribution in [0.3, 0.4) is 0 Å². The molecule has 0 unspecified atom stereocenters. The van der Waals surface area contributed by atoms with Crippen molar-refractivity contribution < 1.29 is 0 Å². The van der Waals surface area contributed by atoms with Crippen molar-refractivity contribution >= 4 is 60.3 Å². The minimum atomic E-state index is 0.895. The van der Waals surface area contributed by atoms with Crippen LogP contribution >= 0.6 is 0 Å². The molecule has 0 saturated heterocycles. The Morgan fingerprint density at radius 2 is 1.49 bits per heavy atom. The van der Waals surface area contributed by atoms with Crippen molar-refractivity contribution in [1.29, 1.82) is 0 Å². The van der Waals surface area contributed by atoms with Crippen molar-refractivity contribution in [2.75, 3.05) is 0 Å². The van der Waals surface area contributed by atoms with E-state index in [-0.39, 0.29) is 0 Å². The highest BCUT2D eigenvalue weighted by atomic mass is 15.1. The first-order chi connectivity index (χ1) is 20.4. The van der Waals surface area contributed by atoms with Gasteiger partial charge in [0.15, 0.2) is 0 Å². The van der Waals surface area contributed by atoms with Crippen LogP contribution in [0.25, 0.3) is 77.1 Å². The zero-order valence-electron chi connectivity index (χ0n) is 21.9. The molecule has 41 heavy (non-hydrogen) atoms. The first-order valence-corrected chi connectivity index (χ1v) is 13.9. The Kier molecular flexibility index (Phi) is 3.92. The Labute approximate surface area is 234 Å². The molecule has 1 aliphatic carbocycles. The summed E-state index contributed by atoms with van der Waals surface area (Å²) in [6, 6.07) is 35.0. The van der Waals surface area contributed by atoms with Crippen molar-refractivity contribution in [3.8, 4) is 16.8 Å². The van der Waals surface area contributed by atoms with Crippen LogP contribution in [-0.4, -0.2) is 23.9 Å². The summed E-state index contributed by atoms with van der Waals surface area (Å²) in [4.78, 5) is 14.5. The van der Waals surface area contributed by atoms with Crippen LogP contribution in [0.15, 0.2) is 116 Å². The summed E-state index contributed by atoms with van der Waals surface area (Å²) in [5.41, 5.74) is 12.7. The van der Waals surface area contributed by atoms with Crippen molar-refractivity contribution in [2.45, 2.75) is 6.42 Å². The summed E-state index contributed by atoms with van der Waals surface area (Å²) in [5.74, 6) is 0. The lowest BCUT2D eigenvalue weighted by molar-refractivity contribution is 1.18. The van der Waals surface area contributed by atoms with E-state index in [0.717, 1.165) is 50.6 Å². The van der Waals surface area contributed by atoms with Gasteiger partial charge in [-0.25, -0.2) is 9.97 Å². The van der Waals surface area contributed by atoms with Gasteiger partial charge in [-0.3, -0.25) is 9.38 Å². The topological polar surface area (TPSA) is 48.0 Å². The van der Waals surface area contributed by atoms with Gasteiger partial charge in [0.05, 0.1) is 28.3 Å². The van der Waals surface area contributed by atoms with Crippen molar-refractivity contribution in [2.24, 2.45) is 0 Å². The van der Waals surface area contributed by atoms with E-state index in [1.54, 1.807) is 0 Å². The smallest absolute Gasteiger partial charge is 0.148 e. The molecule has 0 N–H and O–H groups in total. The predicted octanol–water partition coefficient (Wildman–Crippen LogP) is 8.25. The molecule has 10 rings (SSSR count). The lowest BCUT2D eigenvalue weighted by Crippen LogP contribution is -1.96. The maximum atomic E-state index is 5.21. The number of hydrogen-bond acceptors (Lipinski definition) is 3. The summed E-state index contributed by atoms with van der Waals surface area (Å²) >= 11 is 0. The minimum Gasteiger partial charge on any atom is -0.309 e. The van der Waals surface area contributed by atoms with E-state index in [1.807, 2.05) is 30.7 Å². The first-order valence-electron chi connectivity index (χ1n) is 13.9. The van der Waals surface area contributed by atoms with Crippen LogP contribution in [0, 0.1) is 0 Å². The minimum absolute atomic E-state index is 0.895. The van der Waals surface area contributed by atoms with Crippen molar-refractivity contribution in [3.05, 3.63) is 127 Å². The molecule has 190 valence electrons. The third kappa shape index (κ3) is 2.63. The molecule has 0 amide bonds. The molecule has 0 bridgehead atoms. The molecule has 0 spiro atoms. The molecule has 4 aromatic carbocycles. The molecule has 0 radical (unpaired) electrons. The van der Waals surface area contributed by atoms with Crippen LogP contribution in [-0.2, 0) is 6.42 Å². The zero-order valence-corrected chi connectivity index (χ0v) is 21.9. The van der Waals surface area contributed by atoms with Gasteiger partial charge in [0.25, 0.3) is 0 Å². The van der Waals surface area contributed by atoms with Gasteiger partial charge in [-0.15, -0.1) is 0 Å². The van der Waals surface area contributed by atoms with Gasteiger partial charge in [-0.05, 0) is 64.9 Å². The Bertz CT molecular complexity index is 2550. The third-order valence-electron chi connectivity index (χ3n) is 8.83. The maximum absolute atomic E-state index is 5.21. The number of imidazole rings is 1. The Hall–Kier alpha value is -5.55. The highest BCUT2D eigenvalue weighted by Crippen LogP contribution is 2.47. The Balaban J connectivity index is 1.52. The second kappa shape index (κ2) is 7.55. The third-order valence-corrected chi connectivity index (χ3v) is 8.83. The summed E-state index contributed by atoms with van der Waals surface area (Å²) in [6.45, 7) is 0. The Morgan fingerprint density at radius 1 is 0.610 bits per heavy atom. The average molecular weight is 524 g/mol. The summed E-state index contributed by atoms with van der Waals surface area (Å²) < 4.78 is 4.65. The molecule has 0 fully saturated rings. The molecule has 9 aromatic rings. The molecule has 5 heteroatoms. The van der Waals surface area contributed by atoms with Crippen LogP contribution < -0.4 is 0 Å². The highest BCUT2D eigenvalue weighted by Gasteiger charge is 2.27. The van der Waals surface area contributed by atoms with Gasteiger partial charge in [-0.2, -0.15) is 0 Å². The molecule has 1 aliphatic rings. The number of aromatic nitrogens is 5. The van der Waals surface area contributed by atoms with E-state index in [9.17, 15) is 0 Å². The van der Waals surface area contributed by atoms with E-state index >= 15 is 0 Å². The summed E-state index contributed by atoms with van der Waals surface area (Å²) in [6.07, 6.45) is 6.52. The van der Waals surface area contributed by atoms with Gasteiger partial charge in [-0.1, -0.05) is 60.7 Å². The quantitative estimate of drug-likeness (QED) is 0.204. The molecular weight excluding hydrogens is 502 g/mol. The highest BCUT2D eigenvalue weighted by molar-refractivity contribution is 6.30. The van der Waals surface area contributed by atoms with Gasteiger partial charge in [0, 0.05) is 45.2 Å². The second-order valence-electron chi connectivity index (χ2n) is 10.9. The Morgan fingerprint density at radius 3 is 2.44 bits per heavy atom. The number of rotatable bonds is 1. The summed E-state index contributed by atoms with van der Waals surface area (Å²) in [5, 5.41) is 5.86. The summed E-state index contributed by atoms with van der Waals surface area (Å²) in [7, 11) is 0. The van der Waals surface area contributed by atoms with Crippen molar-refractivity contribution in [1.82, 2.24) is 23.9 Å². The molecule has 5 aromatic heterocycles. The predicted molar refractivity (Wildman–Crippen MR) is 166 cm³/mol. The van der Waals surface area contributed by atoms with Gasteiger partial charge < -0.3 is 4.57 Å². The largest absolute Gasteiger partial charge is 0.309 e. The van der Waals surface area contributed by atoms with Gasteiger partial charge in [0.1, 0.15) is 11.3 Å². The SMILES string of the molecule is c1ccc(-n2c3ccc4c5cccnc5n5c6cnccc6nc5c4c3c3ccc4c(c32)-c2ccccc2C4)cc1. The lowest BCUT2D eigenvalue weighted by Gasteiger charge is -2.12. The molecule has 0 atom stereocenters. The van der Waals surface area contributed by atoms with Crippen LogP contribution in [0.4, 0.5) is 0 Å². The zero-order chi connectivity index (χ0) is 26.7. The second-order valence-corrected chi connectivity index (χ2v) is 10.9. The van der Waals surface area contributed by atoms with Crippen LogP contribution in [0.5, 0.6) is 0 Å². The van der Waals surface area contributed by atoms with E-state index < -0.39 is 0 Å². The van der Waals surface area contributed by atoms with E-state index in [0.29, 0.717) is 0 Å². The average Bonchev–Trinajstić information content (AvgIpc) is 3.71. The lowest BCUT2D eigenvalue weighted by atomic mass is 9.99. The van der Waals surface area contributed by atoms with Crippen LogP contribution in [0.1, 0.15) is 11.1 Å². The molecule has 5 heterocycles. The van der Waals surface area contributed by atoms with E-state index in [4.69, 9.17) is 9.97 Å². The van der Waals surface area contributed by atoms with Crippen LogP contribution in [0.2, 0.25) is 0 Å². The monoisotopic (exact) mass is 523 g/mol. The van der Waals surface area contributed by atoms with Crippen molar-refractivity contribution in [3.63, 3.8) is 0 Å². The molecule has 0 saturated carbocycles.